The summed E-state index contributed by atoms with van der Waals surface area (Å²) in [5, 5.41) is 0. The van der Waals surface area contributed by atoms with Crippen LogP contribution in [0.15, 0.2) is 22.7 Å². The minimum atomic E-state index is -0.00700. The summed E-state index contributed by atoms with van der Waals surface area (Å²) in [6.45, 7) is 6.67. The van der Waals surface area contributed by atoms with Crippen molar-refractivity contribution in [2.45, 2.75) is 52.2 Å². The van der Waals surface area contributed by atoms with Crippen LogP contribution in [0.5, 0.6) is 5.75 Å². The molecular weight excluding hydrogens is 302 g/mol. The molecule has 2 nitrogen and oxygen atoms in total. The first kappa shape index (κ1) is 14.9. The average Bonchev–Trinajstić information content (AvgIpc) is 2.36. The Labute approximate surface area is 124 Å². The second kappa shape index (κ2) is 6.27. The van der Waals surface area contributed by atoms with Crippen LogP contribution in [0.3, 0.4) is 0 Å². The van der Waals surface area contributed by atoms with Crippen LogP contribution in [0.2, 0.25) is 0 Å². The minimum absolute atomic E-state index is 0.00700. The molecule has 2 N–H and O–H groups in total. The number of benzene rings is 1. The molecule has 2 rings (SSSR count). The fourth-order valence-electron chi connectivity index (χ4n) is 2.77. The van der Waals surface area contributed by atoms with Crippen molar-refractivity contribution in [1.82, 2.24) is 0 Å². The first-order valence-corrected chi connectivity index (χ1v) is 7.98. The Kier molecular flexibility index (Phi) is 4.91. The lowest BCUT2D eigenvalue weighted by atomic mass is 9.80. The predicted octanol–water partition coefficient (Wildman–Crippen LogP) is 4.67. The highest BCUT2D eigenvalue weighted by molar-refractivity contribution is 9.10. The van der Waals surface area contributed by atoms with Crippen molar-refractivity contribution < 1.29 is 4.74 Å². The van der Waals surface area contributed by atoms with Crippen LogP contribution in [-0.2, 0) is 0 Å². The Morgan fingerprint density at radius 1 is 1.26 bits per heavy atom. The fourth-order valence-corrected chi connectivity index (χ4v) is 3.15. The fraction of sp³-hybridized carbons (Fsp3) is 0.625. The first-order chi connectivity index (χ1) is 8.97. The van der Waals surface area contributed by atoms with E-state index in [2.05, 4.69) is 35.8 Å². The van der Waals surface area contributed by atoms with Crippen molar-refractivity contribution in [2.75, 3.05) is 0 Å². The summed E-state index contributed by atoms with van der Waals surface area (Å²) in [6, 6.07) is 6.11. The second-order valence-corrected chi connectivity index (χ2v) is 6.89. The third kappa shape index (κ3) is 3.73. The Morgan fingerprint density at radius 3 is 2.63 bits per heavy atom. The summed E-state index contributed by atoms with van der Waals surface area (Å²) < 4.78 is 7.27. The second-order valence-electron chi connectivity index (χ2n) is 5.98. The van der Waals surface area contributed by atoms with Gasteiger partial charge in [-0.1, -0.05) is 29.8 Å². The molecule has 0 bridgehead atoms. The molecule has 3 heteroatoms. The van der Waals surface area contributed by atoms with Crippen molar-refractivity contribution in [1.29, 1.82) is 0 Å². The van der Waals surface area contributed by atoms with Gasteiger partial charge in [0.25, 0.3) is 0 Å². The van der Waals surface area contributed by atoms with Gasteiger partial charge in [-0.2, -0.15) is 0 Å². The molecule has 4 atom stereocenters. The van der Waals surface area contributed by atoms with Crippen LogP contribution in [0, 0.1) is 11.8 Å². The lowest BCUT2D eigenvalue weighted by Gasteiger charge is -2.33. The van der Waals surface area contributed by atoms with Crippen molar-refractivity contribution in [3.8, 4) is 5.75 Å². The highest BCUT2D eigenvalue weighted by atomic mass is 79.9. The Morgan fingerprint density at radius 2 is 2.00 bits per heavy atom. The maximum atomic E-state index is 6.22. The Hall–Kier alpha value is -0.540. The molecule has 0 aliphatic heterocycles. The van der Waals surface area contributed by atoms with Crippen LogP contribution < -0.4 is 10.5 Å². The number of rotatable bonds is 3. The molecule has 0 amide bonds. The Balaban J connectivity index is 2.11. The molecule has 0 aromatic heterocycles. The lowest BCUT2D eigenvalue weighted by Crippen LogP contribution is -2.29. The maximum Gasteiger partial charge on any atom is 0.124 e. The number of hydrogen-bond donors (Lipinski definition) is 1. The molecule has 1 aliphatic carbocycles. The van der Waals surface area contributed by atoms with Crippen LogP contribution in [0.4, 0.5) is 0 Å². The molecule has 1 aromatic rings. The molecule has 1 aromatic carbocycles. The van der Waals surface area contributed by atoms with Gasteiger partial charge >= 0.3 is 0 Å². The Bertz CT molecular complexity index is 433. The van der Waals surface area contributed by atoms with E-state index in [1.54, 1.807) is 0 Å². The van der Waals surface area contributed by atoms with Crippen molar-refractivity contribution in [3.05, 3.63) is 28.2 Å². The zero-order valence-electron chi connectivity index (χ0n) is 12.0. The van der Waals surface area contributed by atoms with Gasteiger partial charge in [-0.15, -0.1) is 0 Å². The van der Waals surface area contributed by atoms with Gasteiger partial charge in [0.15, 0.2) is 0 Å². The monoisotopic (exact) mass is 325 g/mol. The summed E-state index contributed by atoms with van der Waals surface area (Å²) in [5.41, 5.74) is 7.12. The van der Waals surface area contributed by atoms with Crippen molar-refractivity contribution in [2.24, 2.45) is 17.6 Å². The van der Waals surface area contributed by atoms with Gasteiger partial charge in [0, 0.05) is 16.1 Å². The van der Waals surface area contributed by atoms with Gasteiger partial charge in [0.05, 0.1) is 6.10 Å². The van der Waals surface area contributed by atoms with Crippen molar-refractivity contribution in [3.63, 3.8) is 0 Å². The summed E-state index contributed by atoms with van der Waals surface area (Å²) in [6.07, 6.45) is 3.90. The highest BCUT2D eigenvalue weighted by Crippen LogP contribution is 2.34. The third-order valence-electron chi connectivity index (χ3n) is 4.31. The quantitative estimate of drug-likeness (QED) is 0.876. The minimum Gasteiger partial charge on any atom is -0.490 e. The summed E-state index contributed by atoms with van der Waals surface area (Å²) in [5.74, 6) is 2.51. The van der Waals surface area contributed by atoms with Gasteiger partial charge in [-0.25, -0.2) is 0 Å². The average molecular weight is 326 g/mol. The van der Waals surface area contributed by atoms with Crippen LogP contribution in [0.1, 0.15) is 51.6 Å². The van der Waals surface area contributed by atoms with E-state index in [1.807, 2.05) is 19.1 Å². The number of nitrogens with two attached hydrogens (primary N) is 1. The molecule has 1 saturated carbocycles. The van der Waals surface area contributed by atoms with Gasteiger partial charge < -0.3 is 10.5 Å². The molecule has 3 unspecified atom stereocenters. The number of ether oxygens (including phenoxy) is 1. The van der Waals surface area contributed by atoms with Gasteiger partial charge in [0.2, 0.25) is 0 Å². The topological polar surface area (TPSA) is 35.2 Å². The molecule has 1 fully saturated rings. The van der Waals surface area contributed by atoms with E-state index in [0.29, 0.717) is 6.10 Å². The van der Waals surface area contributed by atoms with E-state index < -0.39 is 0 Å². The number of halogens is 1. The molecule has 19 heavy (non-hydrogen) atoms. The third-order valence-corrected chi connectivity index (χ3v) is 4.80. The van der Waals surface area contributed by atoms with Gasteiger partial charge in [-0.05, 0) is 56.2 Å². The van der Waals surface area contributed by atoms with Gasteiger partial charge in [-0.3, -0.25) is 0 Å². The predicted molar refractivity (Wildman–Crippen MR) is 83.3 cm³/mol. The van der Waals surface area contributed by atoms with Crippen LogP contribution in [0.25, 0.3) is 0 Å². The lowest BCUT2D eigenvalue weighted by molar-refractivity contribution is 0.0994. The molecular formula is C16H24BrNO. The van der Waals surface area contributed by atoms with Crippen molar-refractivity contribution >= 4 is 15.9 Å². The van der Waals surface area contributed by atoms with Gasteiger partial charge in [0.1, 0.15) is 5.75 Å². The van der Waals surface area contributed by atoms with E-state index in [0.717, 1.165) is 40.5 Å². The molecule has 0 heterocycles. The first-order valence-electron chi connectivity index (χ1n) is 7.19. The number of hydrogen-bond acceptors (Lipinski definition) is 2. The van der Waals surface area contributed by atoms with Crippen LogP contribution in [-0.4, -0.2) is 6.10 Å². The zero-order chi connectivity index (χ0) is 14.0. The summed E-state index contributed by atoms with van der Waals surface area (Å²) in [4.78, 5) is 0. The van der Waals surface area contributed by atoms with E-state index >= 15 is 0 Å². The SMILES string of the molecule is CC1CCC(Oc2ccc(Br)cc2[C@H](C)N)CC1C. The highest BCUT2D eigenvalue weighted by Gasteiger charge is 2.26. The largest absolute Gasteiger partial charge is 0.490 e. The molecule has 0 spiro atoms. The van der Waals surface area contributed by atoms with E-state index in [9.17, 15) is 0 Å². The van der Waals surface area contributed by atoms with E-state index in [4.69, 9.17) is 10.5 Å². The summed E-state index contributed by atoms with van der Waals surface area (Å²) in [7, 11) is 0. The summed E-state index contributed by atoms with van der Waals surface area (Å²) >= 11 is 3.50. The molecule has 0 radical (unpaired) electrons. The maximum absolute atomic E-state index is 6.22. The smallest absolute Gasteiger partial charge is 0.124 e. The molecule has 1 aliphatic rings. The van der Waals surface area contributed by atoms with Crippen LogP contribution >= 0.6 is 15.9 Å². The van der Waals surface area contributed by atoms with E-state index in [-0.39, 0.29) is 6.04 Å². The standard InChI is InChI=1S/C16H24BrNO/c1-10-4-6-14(8-11(10)2)19-16-7-5-13(17)9-15(16)12(3)18/h5,7,9-12,14H,4,6,8,18H2,1-3H3/t10?,11?,12-,14?/m0/s1. The molecule has 106 valence electrons. The van der Waals surface area contributed by atoms with E-state index in [1.165, 1.54) is 6.42 Å². The normalized spacial score (nSPS) is 29.0. The molecule has 0 saturated heterocycles. The zero-order valence-corrected chi connectivity index (χ0v) is 13.6.